The first-order valence-corrected chi connectivity index (χ1v) is 8.87. The Kier molecular flexibility index (Phi) is 4.36. The normalized spacial score (nSPS) is 25.9. The highest BCUT2D eigenvalue weighted by molar-refractivity contribution is 7.91. The van der Waals surface area contributed by atoms with Gasteiger partial charge in [-0.3, -0.25) is 0 Å². The third-order valence-corrected chi connectivity index (χ3v) is 6.17. The Morgan fingerprint density at radius 2 is 1.83 bits per heavy atom. The van der Waals surface area contributed by atoms with E-state index in [0.29, 0.717) is 18.1 Å². The zero-order valence-electron chi connectivity index (χ0n) is 11.3. The lowest BCUT2D eigenvalue weighted by Gasteiger charge is -2.35. The second-order valence-corrected chi connectivity index (χ2v) is 8.10. The molecule has 2 fully saturated rings. The SMILES string of the molecule is CCC1(COC=C2CCCC2)CCS(=O)(=O)CC1. The maximum Gasteiger partial charge on any atom is 0.150 e. The lowest BCUT2D eigenvalue weighted by atomic mass is 9.80. The largest absolute Gasteiger partial charge is 0.501 e. The Balaban J connectivity index is 1.87. The van der Waals surface area contributed by atoms with Gasteiger partial charge in [0.1, 0.15) is 9.84 Å². The van der Waals surface area contributed by atoms with E-state index in [1.807, 2.05) is 6.26 Å². The average Bonchev–Trinajstić information content (AvgIpc) is 2.85. The minimum Gasteiger partial charge on any atom is -0.501 e. The van der Waals surface area contributed by atoms with E-state index in [9.17, 15) is 8.42 Å². The highest BCUT2D eigenvalue weighted by Gasteiger charge is 2.36. The van der Waals surface area contributed by atoms with Gasteiger partial charge in [-0.15, -0.1) is 0 Å². The highest BCUT2D eigenvalue weighted by atomic mass is 32.2. The van der Waals surface area contributed by atoms with Crippen molar-refractivity contribution in [1.29, 1.82) is 0 Å². The van der Waals surface area contributed by atoms with E-state index in [0.717, 1.165) is 19.3 Å². The summed E-state index contributed by atoms with van der Waals surface area (Å²) in [5.74, 6) is 0.668. The molecular formula is C14H24O3S. The van der Waals surface area contributed by atoms with E-state index in [4.69, 9.17) is 4.74 Å². The summed E-state index contributed by atoms with van der Waals surface area (Å²) in [5.41, 5.74) is 1.51. The van der Waals surface area contributed by atoms with Crippen molar-refractivity contribution in [3.8, 4) is 0 Å². The van der Waals surface area contributed by atoms with Gasteiger partial charge in [0, 0.05) is 5.41 Å². The lowest BCUT2D eigenvalue weighted by Crippen LogP contribution is -2.36. The van der Waals surface area contributed by atoms with E-state index in [1.165, 1.54) is 31.3 Å². The van der Waals surface area contributed by atoms with Crippen LogP contribution in [0.5, 0.6) is 0 Å². The first-order chi connectivity index (χ1) is 8.55. The summed E-state index contributed by atoms with van der Waals surface area (Å²) in [6.07, 6.45) is 9.38. The molecule has 0 unspecified atom stereocenters. The van der Waals surface area contributed by atoms with Crippen molar-refractivity contribution in [3.63, 3.8) is 0 Å². The molecule has 1 heterocycles. The molecule has 104 valence electrons. The van der Waals surface area contributed by atoms with Gasteiger partial charge in [-0.1, -0.05) is 6.92 Å². The number of sulfone groups is 1. The fraction of sp³-hybridized carbons (Fsp3) is 0.857. The van der Waals surface area contributed by atoms with Crippen LogP contribution in [-0.2, 0) is 14.6 Å². The van der Waals surface area contributed by atoms with Gasteiger partial charge in [-0.05, 0) is 50.5 Å². The van der Waals surface area contributed by atoms with Crippen molar-refractivity contribution in [2.75, 3.05) is 18.1 Å². The molecule has 2 aliphatic rings. The molecule has 0 N–H and O–H groups in total. The Morgan fingerprint density at radius 3 is 2.39 bits per heavy atom. The van der Waals surface area contributed by atoms with E-state index < -0.39 is 9.84 Å². The first-order valence-electron chi connectivity index (χ1n) is 7.05. The van der Waals surface area contributed by atoms with Crippen LogP contribution in [0.4, 0.5) is 0 Å². The highest BCUT2D eigenvalue weighted by Crippen LogP contribution is 2.36. The number of allylic oxidation sites excluding steroid dienone is 1. The Hall–Kier alpha value is -0.510. The molecule has 0 aromatic rings. The maximum atomic E-state index is 11.5. The van der Waals surface area contributed by atoms with Crippen molar-refractivity contribution >= 4 is 9.84 Å². The van der Waals surface area contributed by atoms with E-state index in [-0.39, 0.29) is 5.41 Å². The zero-order valence-corrected chi connectivity index (χ0v) is 12.1. The van der Waals surface area contributed by atoms with Crippen LogP contribution < -0.4 is 0 Å². The van der Waals surface area contributed by atoms with Gasteiger partial charge in [-0.25, -0.2) is 8.42 Å². The van der Waals surface area contributed by atoms with Gasteiger partial charge in [0.15, 0.2) is 0 Å². The number of ether oxygens (including phenoxy) is 1. The summed E-state index contributed by atoms with van der Waals surface area (Å²) in [4.78, 5) is 0. The van der Waals surface area contributed by atoms with Gasteiger partial charge in [-0.2, -0.15) is 0 Å². The van der Waals surface area contributed by atoms with Crippen LogP contribution in [0.15, 0.2) is 11.8 Å². The van der Waals surface area contributed by atoms with Crippen LogP contribution in [0.1, 0.15) is 51.9 Å². The van der Waals surface area contributed by atoms with Crippen LogP contribution in [-0.4, -0.2) is 26.5 Å². The number of hydrogen-bond donors (Lipinski definition) is 0. The fourth-order valence-corrected chi connectivity index (χ4v) is 4.55. The summed E-state index contributed by atoms with van der Waals surface area (Å²) in [5, 5.41) is 0. The first kappa shape index (κ1) is 13.9. The van der Waals surface area contributed by atoms with E-state index >= 15 is 0 Å². The molecule has 1 saturated carbocycles. The van der Waals surface area contributed by atoms with Gasteiger partial charge in [0.05, 0.1) is 24.4 Å². The minimum absolute atomic E-state index is 0.0843. The third-order valence-electron chi connectivity index (χ3n) is 4.52. The van der Waals surface area contributed by atoms with Crippen molar-refractivity contribution in [2.24, 2.45) is 5.41 Å². The zero-order chi connectivity index (χ0) is 13.1. The van der Waals surface area contributed by atoms with Gasteiger partial charge in [0.2, 0.25) is 0 Å². The van der Waals surface area contributed by atoms with Crippen LogP contribution >= 0.6 is 0 Å². The maximum absolute atomic E-state index is 11.5. The molecule has 0 aromatic heterocycles. The van der Waals surface area contributed by atoms with E-state index in [2.05, 4.69) is 6.92 Å². The second kappa shape index (κ2) is 5.64. The Morgan fingerprint density at radius 1 is 1.22 bits per heavy atom. The van der Waals surface area contributed by atoms with Crippen molar-refractivity contribution in [1.82, 2.24) is 0 Å². The lowest BCUT2D eigenvalue weighted by molar-refractivity contribution is 0.0914. The van der Waals surface area contributed by atoms with Gasteiger partial charge >= 0.3 is 0 Å². The van der Waals surface area contributed by atoms with Crippen LogP contribution in [0.2, 0.25) is 0 Å². The topological polar surface area (TPSA) is 43.4 Å². The number of rotatable bonds is 4. The molecule has 0 spiro atoms. The second-order valence-electron chi connectivity index (χ2n) is 5.80. The fourth-order valence-electron chi connectivity index (χ4n) is 2.85. The standard InChI is InChI=1S/C14H24O3S/c1-2-14(7-9-18(15,16)10-8-14)12-17-11-13-5-3-4-6-13/h11H,2-10,12H2,1H3. The molecule has 1 aliphatic heterocycles. The molecular weight excluding hydrogens is 248 g/mol. The van der Waals surface area contributed by atoms with Crippen LogP contribution in [0.3, 0.4) is 0 Å². The molecule has 1 aliphatic carbocycles. The van der Waals surface area contributed by atoms with Crippen molar-refractivity contribution in [2.45, 2.75) is 51.9 Å². The molecule has 0 radical (unpaired) electrons. The third kappa shape index (κ3) is 3.50. The van der Waals surface area contributed by atoms with Gasteiger partial charge in [0.25, 0.3) is 0 Å². The molecule has 4 heteroatoms. The average molecular weight is 272 g/mol. The molecule has 0 amide bonds. The number of hydrogen-bond acceptors (Lipinski definition) is 3. The van der Waals surface area contributed by atoms with E-state index in [1.54, 1.807) is 0 Å². The predicted octanol–water partition coefficient (Wildman–Crippen LogP) is 3.07. The summed E-state index contributed by atoms with van der Waals surface area (Å²) < 4.78 is 28.7. The summed E-state index contributed by atoms with van der Waals surface area (Å²) in [6.45, 7) is 2.83. The summed E-state index contributed by atoms with van der Waals surface area (Å²) in [7, 11) is -2.78. The predicted molar refractivity (Wildman–Crippen MR) is 73.1 cm³/mol. The smallest absolute Gasteiger partial charge is 0.150 e. The Labute approximate surface area is 111 Å². The molecule has 0 bridgehead atoms. The molecule has 2 rings (SSSR count). The molecule has 3 nitrogen and oxygen atoms in total. The molecule has 1 saturated heterocycles. The molecule has 0 aromatic carbocycles. The summed E-state index contributed by atoms with van der Waals surface area (Å²) >= 11 is 0. The minimum atomic E-state index is -2.78. The van der Waals surface area contributed by atoms with Gasteiger partial charge < -0.3 is 4.74 Å². The van der Waals surface area contributed by atoms with Crippen LogP contribution in [0.25, 0.3) is 0 Å². The van der Waals surface area contributed by atoms with Crippen molar-refractivity contribution < 1.29 is 13.2 Å². The van der Waals surface area contributed by atoms with Crippen molar-refractivity contribution in [3.05, 3.63) is 11.8 Å². The monoisotopic (exact) mass is 272 g/mol. The Bertz CT molecular complexity index is 387. The summed E-state index contributed by atoms with van der Waals surface area (Å²) in [6, 6.07) is 0. The van der Waals surface area contributed by atoms with Crippen LogP contribution in [0, 0.1) is 5.41 Å². The molecule has 0 atom stereocenters. The molecule has 18 heavy (non-hydrogen) atoms. The quantitative estimate of drug-likeness (QED) is 0.739.